The third kappa shape index (κ3) is 5.33. The molecule has 0 bridgehead atoms. The second-order valence-electron chi connectivity index (χ2n) is 9.44. The van der Waals surface area contributed by atoms with Gasteiger partial charge in [-0.3, -0.25) is 9.59 Å². The van der Waals surface area contributed by atoms with Crippen molar-refractivity contribution in [3.63, 3.8) is 0 Å². The topological polar surface area (TPSA) is 84.2 Å². The van der Waals surface area contributed by atoms with Crippen LogP contribution in [0.2, 0.25) is 0 Å². The minimum absolute atomic E-state index is 0.140. The molecule has 4 aromatic rings. The zero-order chi connectivity index (χ0) is 24.2. The molecule has 3 atom stereocenters. The molecule has 0 radical (unpaired) electrons. The lowest BCUT2D eigenvalue weighted by atomic mass is 9.91. The van der Waals surface area contributed by atoms with Crippen LogP contribution in [0.1, 0.15) is 36.5 Å². The molecule has 1 aliphatic carbocycles. The lowest BCUT2D eigenvalue weighted by Gasteiger charge is -2.19. The van der Waals surface area contributed by atoms with E-state index in [0.717, 1.165) is 36.6 Å². The Morgan fingerprint density at radius 1 is 1.00 bits per heavy atom. The van der Waals surface area contributed by atoms with E-state index in [0.29, 0.717) is 22.9 Å². The maximum Gasteiger partial charge on any atom is 0.275 e. The summed E-state index contributed by atoms with van der Waals surface area (Å²) in [5, 5.41) is 19.0. The molecular formula is C29H29N3O3. The first-order valence-electron chi connectivity index (χ1n) is 12.1. The van der Waals surface area contributed by atoms with Gasteiger partial charge in [-0.2, -0.15) is 5.10 Å². The number of anilines is 1. The van der Waals surface area contributed by atoms with Crippen LogP contribution >= 0.6 is 0 Å². The van der Waals surface area contributed by atoms with Crippen LogP contribution in [0.3, 0.4) is 0 Å². The zero-order valence-electron chi connectivity index (χ0n) is 19.5. The fourth-order valence-electron chi connectivity index (χ4n) is 5.14. The molecule has 1 fully saturated rings. The number of carbonyl (C=O) groups excluding carboxylic acids is 1. The van der Waals surface area contributed by atoms with Gasteiger partial charge in [0.1, 0.15) is 6.54 Å². The first kappa shape index (κ1) is 23.0. The largest absolute Gasteiger partial charge is 0.388 e. The first-order chi connectivity index (χ1) is 17.1. The van der Waals surface area contributed by atoms with Crippen LogP contribution in [-0.2, 0) is 17.8 Å². The lowest BCUT2D eigenvalue weighted by Crippen LogP contribution is -2.29. The van der Waals surface area contributed by atoms with Crippen LogP contribution in [0.15, 0.2) is 89.9 Å². The highest BCUT2D eigenvalue weighted by Gasteiger charge is 2.30. The van der Waals surface area contributed by atoms with Crippen molar-refractivity contribution in [3.05, 3.63) is 107 Å². The molecule has 1 aliphatic rings. The molecule has 2 N–H and O–H groups in total. The number of benzene rings is 3. The predicted molar refractivity (Wildman–Crippen MR) is 137 cm³/mol. The van der Waals surface area contributed by atoms with E-state index in [2.05, 4.69) is 10.4 Å². The third-order valence-corrected chi connectivity index (χ3v) is 6.99. The average Bonchev–Trinajstić information content (AvgIpc) is 3.35. The Morgan fingerprint density at radius 2 is 1.74 bits per heavy atom. The number of fused-ring (bicyclic) bond motifs is 1. The van der Waals surface area contributed by atoms with Gasteiger partial charge in [-0.15, -0.1) is 0 Å². The van der Waals surface area contributed by atoms with E-state index in [9.17, 15) is 14.7 Å². The number of amides is 1. The summed E-state index contributed by atoms with van der Waals surface area (Å²) >= 11 is 0. The van der Waals surface area contributed by atoms with Crippen molar-refractivity contribution in [2.75, 3.05) is 5.32 Å². The summed E-state index contributed by atoms with van der Waals surface area (Å²) in [6.07, 6.45) is 5.33. The number of hydrogen-bond acceptors (Lipinski definition) is 4. The Bertz CT molecular complexity index is 1370. The van der Waals surface area contributed by atoms with Gasteiger partial charge >= 0.3 is 0 Å². The van der Waals surface area contributed by atoms with Crippen molar-refractivity contribution < 1.29 is 9.90 Å². The Morgan fingerprint density at radius 3 is 2.54 bits per heavy atom. The van der Waals surface area contributed by atoms with Crippen molar-refractivity contribution in [2.45, 2.75) is 38.3 Å². The van der Waals surface area contributed by atoms with Crippen molar-refractivity contribution >= 4 is 22.4 Å². The highest BCUT2D eigenvalue weighted by molar-refractivity contribution is 5.90. The van der Waals surface area contributed by atoms with Gasteiger partial charge in [-0.05, 0) is 66.8 Å². The van der Waals surface area contributed by atoms with Gasteiger partial charge in [-0.25, -0.2) is 4.68 Å². The molecule has 6 heteroatoms. The Kier molecular flexibility index (Phi) is 6.73. The molecule has 5 rings (SSSR count). The molecule has 178 valence electrons. The molecule has 1 amide bonds. The smallest absolute Gasteiger partial charge is 0.275 e. The van der Waals surface area contributed by atoms with Gasteiger partial charge in [0.15, 0.2) is 0 Å². The minimum atomic E-state index is -0.400. The molecule has 0 aliphatic heterocycles. The van der Waals surface area contributed by atoms with Crippen molar-refractivity contribution in [2.24, 2.45) is 11.8 Å². The number of nitrogens with one attached hydrogen (secondary N) is 1. The summed E-state index contributed by atoms with van der Waals surface area (Å²) in [4.78, 5) is 25.1. The van der Waals surface area contributed by atoms with Gasteiger partial charge < -0.3 is 10.4 Å². The highest BCUT2D eigenvalue weighted by atomic mass is 16.3. The van der Waals surface area contributed by atoms with Crippen LogP contribution in [0.25, 0.3) is 10.8 Å². The van der Waals surface area contributed by atoms with Gasteiger partial charge in [0.25, 0.3) is 5.56 Å². The normalized spacial score (nSPS) is 18.4. The monoisotopic (exact) mass is 467 g/mol. The summed E-state index contributed by atoms with van der Waals surface area (Å²) in [6.45, 7) is -0.140. The van der Waals surface area contributed by atoms with Gasteiger partial charge in [0.05, 0.1) is 17.7 Å². The molecule has 1 aromatic heterocycles. The summed E-state index contributed by atoms with van der Waals surface area (Å²) in [5.74, 6) is 0.550. The zero-order valence-corrected chi connectivity index (χ0v) is 19.5. The fourth-order valence-corrected chi connectivity index (χ4v) is 5.14. The van der Waals surface area contributed by atoms with Crippen molar-refractivity contribution in [3.8, 4) is 0 Å². The lowest BCUT2D eigenvalue weighted by molar-refractivity contribution is -0.117. The summed E-state index contributed by atoms with van der Waals surface area (Å²) in [6, 6.07) is 25.0. The Labute approximate surface area is 204 Å². The molecule has 6 nitrogen and oxygen atoms in total. The second kappa shape index (κ2) is 10.2. The predicted octanol–water partition coefficient (Wildman–Crippen LogP) is 4.73. The van der Waals surface area contributed by atoms with E-state index in [1.165, 1.54) is 10.2 Å². The van der Waals surface area contributed by atoms with E-state index < -0.39 is 6.10 Å². The van der Waals surface area contributed by atoms with E-state index in [1.807, 2.05) is 66.7 Å². The number of aromatic nitrogens is 2. The molecule has 1 heterocycles. The Hall–Kier alpha value is -3.77. The average molecular weight is 468 g/mol. The molecule has 1 saturated carbocycles. The van der Waals surface area contributed by atoms with Crippen molar-refractivity contribution in [1.82, 2.24) is 9.78 Å². The van der Waals surface area contributed by atoms with E-state index in [4.69, 9.17) is 0 Å². The van der Waals surface area contributed by atoms with Crippen molar-refractivity contribution in [1.29, 1.82) is 0 Å². The van der Waals surface area contributed by atoms with E-state index >= 15 is 0 Å². The number of nitrogens with zero attached hydrogens (tertiary/aromatic N) is 2. The van der Waals surface area contributed by atoms with E-state index in [-0.39, 0.29) is 18.0 Å². The number of hydrogen-bond donors (Lipinski definition) is 2. The molecule has 3 aromatic carbocycles. The van der Waals surface area contributed by atoms with Crippen LogP contribution in [0.4, 0.5) is 5.69 Å². The standard InChI is InChI=1S/C29H29N3O3/c33-27(19-32-29(35)26-9-5-4-8-24(26)18-30-32)31-25-14-11-20(12-15-25)16-21-10-13-23(17-21)28(34)22-6-2-1-3-7-22/h1-9,11-12,14-15,18,21,23,28,34H,10,13,16-17,19H2,(H,31,33)/t21-,23-,28+/m0/s1. The molecule has 35 heavy (non-hydrogen) atoms. The van der Waals surface area contributed by atoms with Gasteiger partial charge in [-0.1, -0.05) is 60.7 Å². The number of aliphatic hydroxyl groups excluding tert-OH is 1. The quantitative estimate of drug-likeness (QED) is 0.412. The maximum absolute atomic E-state index is 12.6. The molecule has 0 unspecified atom stereocenters. The van der Waals surface area contributed by atoms with Crippen LogP contribution in [-0.4, -0.2) is 20.8 Å². The molecule has 0 spiro atoms. The van der Waals surface area contributed by atoms with Crippen LogP contribution < -0.4 is 10.9 Å². The highest BCUT2D eigenvalue weighted by Crippen LogP contribution is 2.40. The van der Waals surface area contributed by atoms with Crippen LogP contribution in [0.5, 0.6) is 0 Å². The summed E-state index contributed by atoms with van der Waals surface area (Å²) in [7, 11) is 0. The number of rotatable bonds is 7. The number of aliphatic hydroxyl groups is 1. The SMILES string of the molecule is O=C(Cn1ncc2ccccc2c1=O)Nc1ccc(C[C@@H]2CC[C@H]([C@H](O)c3ccccc3)C2)cc1. The second-order valence-corrected chi connectivity index (χ2v) is 9.44. The third-order valence-electron chi connectivity index (χ3n) is 6.99. The molecule has 0 saturated heterocycles. The first-order valence-corrected chi connectivity index (χ1v) is 12.1. The van der Waals surface area contributed by atoms with Gasteiger partial charge in [0.2, 0.25) is 5.91 Å². The number of carbonyl (C=O) groups is 1. The van der Waals surface area contributed by atoms with E-state index in [1.54, 1.807) is 18.3 Å². The maximum atomic E-state index is 12.6. The summed E-state index contributed by atoms with van der Waals surface area (Å²) < 4.78 is 1.19. The fraction of sp³-hybridized carbons (Fsp3) is 0.276. The summed E-state index contributed by atoms with van der Waals surface area (Å²) in [5.41, 5.74) is 2.63. The Balaban J connectivity index is 1.15. The van der Waals surface area contributed by atoms with Gasteiger partial charge in [0, 0.05) is 11.1 Å². The van der Waals surface area contributed by atoms with Crippen LogP contribution in [0, 0.1) is 11.8 Å². The molecular weight excluding hydrogens is 438 g/mol. The minimum Gasteiger partial charge on any atom is -0.388 e.